The van der Waals surface area contributed by atoms with Gasteiger partial charge >= 0.3 is 0 Å². The minimum Gasteiger partial charge on any atom is -0.488 e. The van der Waals surface area contributed by atoms with E-state index in [0.29, 0.717) is 12.3 Å². The summed E-state index contributed by atoms with van der Waals surface area (Å²) in [6, 6.07) is 7.34. The van der Waals surface area contributed by atoms with E-state index in [1.165, 1.54) is 6.08 Å². The molecule has 22 heavy (non-hydrogen) atoms. The summed E-state index contributed by atoms with van der Waals surface area (Å²) in [5.41, 5.74) is 2.29. The van der Waals surface area contributed by atoms with Crippen LogP contribution in [0.15, 0.2) is 30.3 Å². The zero-order valence-electron chi connectivity index (χ0n) is 12.5. The van der Waals surface area contributed by atoms with Crippen molar-refractivity contribution in [3.63, 3.8) is 0 Å². The molecule has 6 heteroatoms. The second-order valence-corrected chi connectivity index (χ2v) is 5.19. The van der Waals surface area contributed by atoms with Crippen molar-refractivity contribution in [1.82, 2.24) is 10.4 Å². The largest absolute Gasteiger partial charge is 0.488 e. The van der Waals surface area contributed by atoms with Crippen LogP contribution in [0.3, 0.4) is 0 Å². The van der Waals surface area contributed by atoms with E-state index < -0.39 is 5.91 Å². The molecule has 0 bridgehead atoms. The second-order valence-electron chi connectivity index (χ2n) is 5.19. The van der Waals surface area contributed by atoms with Crippen molar-refractivity contribution in [2.45, 2.75) is 25.9 Å². The molecule has 2 rings (SSSR count). The molecule has 0 saturated carbocycles. The monoisotopic (exact) mass is 304 g/mol. The summed E-state index contributed by atoms with van der Waals surface area (Å²) in [4.78, 5) is 24.3. The molecule has 0 radical (unpaired) electrons. The third kappa shape index (κ3) is 4.33. The SMILES string of the molecule is CC(=O)N1CCC[C@H](Oc2ccccc2/C=C/C(=O)NO)C1. The predicted octanol–water partition coefficient (Wildman–Crippen LogP) is 1.59. The normalized spacial score (nSPS) is 18.3. The van der Waals surface area contributed by atoms with Gasteiger partial charge in [0.25, 0.3) is 5.91 Å². The van der Waals surface area contributed by atoms with E-state index >= 15 is 0 Å². The number of rotatable bonds is 4. The first-order chi connectivity index (χ1) is 10.6. The van der Waals surface area contributed by atoms with Crippen LogP contribution in [-0.4, -0.2) is 41.1 Å². The number of para-hydroxylation sites is 1. The van der Waals surface area contributed by atoms with Crippen LogP contribution in [0.25, 0.3) is 6.08 Å². The molecular formula is C16H20N2O4. The molecule has 1 aromatic carbocycles. The van der Waals surface area contributed by atoms with Crippen molar-refractivity contribution in [3.05, 3.63) is 35.9 Å². The highest BCUT2D eigenvalue weighted by Crippen LogP contribution is 2.23. The highest BCUT2D eigenvalue weighted by Gasteiger charge is 2.23. The molecule has 6 nitrogen and oxygen atoms in total. The number of nitrogens with zero attached hydrogens (tertiary/aromatic N) is 1. The molecule has 2 amide bonds. The zero-order chi connectivity index (χ0) is 15.9. The molecule has 118 valence electrons. The van der Waals surface area contributed by atoms with Crippen molar-refractivity contribution >= 4 is 17.9 Å². The van der Waals surface area contributed by atoms with Crippen LogP contribution in [0, 0.1) is 0 Å². The maximum atomic E-state index is 11.5. The van der Waals surface area contributed by atoms with Gasteiger partial charge in [-0.05, 0) is 25.0 Å². The van der Waals surface area contributed by atoms with Crippen molar-refractivity contribution in [2.75, 3.05) is 13.1 Å². The number of hydrogen-bond donors (Lipinski definition) is 2. The van der Waals surface area contributed by atoms with E-state index in [1.807, 2.05) is 24.3 Å². The van der Waals surface area contributed by atoms with Gasteiger partial charge in [0, 0.05) is 25.1 Å². The molecule has 1 aliphatic rings. The summed E-state index contributed by atoms with van der Waals surface area (Å²) in [5.74, 6) is 0.108. The summed E-state index contributed by atoms with van der Waals surface area (Å²) >= 11 is 0. The quantitative estimate of drug-likeness (QED) is 0.503. The van der Waals surface area contributed by atoms with Crippen molar-refractivity contribution in [1.29, 1.82) is 0 Å². The molecule has 1 atom stereocenters. The Bertz CT molecular complexity index is 571. The first-order valence-electron chi connectivity index (χ1n) is 7.23. The molecule has 0 unspecified atom stereocenters. The summed E-state index contributed by atoms with van der Waals surface area (Å²) in [6.45, 7) is 2.91. The lowest BCUT2D eigenvalue weighted by Gasteiger charge is -2.32. The smallest absolute Gasteiger partial charge is 0.267 e. The molecule has 2 N–H and O–H groups in total. The fourth-order valence-corrected chi connectivity index (χ4v) is 2.43. The van der Waals surface area contributed by atoms with E-state index in [2.05, 4.69) is 0 Å². The zero-order valence-corrected chi connectivity index (χ0v) is 12.5. The van der Waals surface area contributed by atoms with Gasteiger partial charge in [0.2, 0.25) is 5.91 Å². The Morgan fingerprint density at radius 2 is 2.18 bits per heavy atom. The standard InChI is InChI=1S/C16H20N2O4/c1-12(19)18-10-4-6-14(11-18)22-15-7-3-2-5-13(15)8-9-16(20)17-21/h2-3,5,7-9,14,21H,4,6,10-11H2,1H3,(H,17,20)/b9-8+/t14-/m0/s1. The van der Waals surface area contributed by atoms with Gasteiger partial charge in [0.1, 0.15) is 11.9 Å². The molecular weight excluding hydrogens is 284 g/mol. The highest BCUT2D eigenvalue weighted by atomic mass is 16.5. The van der Waals surface area contributed by atoms with Gasteiger partial charge in [-0.2, -0.15) is 0 Å². The van der Waals surface area contributed by atoms with Crippen LogP contribution in [0.2, 0.25) is 0 Å². The van der Waals surface area contributed by atoms with E-state index in [4.69, 9.17) is 9.94 Å². The van der Waals surface area contributed by atoms with Gasteiger partial charge in [0.05, 0.1) is 6.54 Å². The minimum absolute atomic E-state index is 0.0566. The number of ether oxygens (including phenoxy) is 1. The van der Waals surface area contributed by atoms with Gasteiger partial charge in [0.15, 0.2) is 0 Å². The Morgan fingerprint density at radius 1 is 1.41 bits per heavy atom. The Labute approximate surface area is 129 Å². The minimum atomic E-state index is -0.602. The van der Waals surface area contributed by atoms with Gasteiger partial charge < -0.3 is 9.64 Å². The second kappa shape index (κ2) is 7.61. The average Bonchev–Trinajstić information content (AvgIpc) is 2.54. The molecule has 1 saturated heterocycles. The average molecular weight is 304 g/mol. The summed E-state index contributed by atoms with van der Waals surface area (Å²) in [5, 5.41) is 8.50. The Morgan fingerprint density at radius 3 is 2.91 bits per heavy atom. The van der Waals surface area contributed by atoms with Gasteiger partial charge in [-0.3, -0.25) is 14.8 Å². The molecule has 1 heterocycles. The lowest BCUT2D eigenvalue weighted by atomic mass is 10.1. The molecule has 1 aromatic rings. The van der Waals surface area contributed by atoms with Crippen LogP contribution >= 0.6 is 0 Å². The molecule has 0 spiro atoms. The van der Waals surface area contributed by atoms with E-state index in [0.717, 1.165) is 24.9 Å². The maximum Gasteiger partial charge on any atom is 0.267 e. The van der Waals surface area contributed by atoms with E-state index in [-0.39, 0.29) is 12.0 Å². The van der Waals surface area contributed by atoms with Crippen molar-refractivity contribution in [3.8, 4) is 5.75 Å². The summed E-state index contributed by atoms with van der Waals surface area (Å²) in [7, 11) is 0. The summed E-state index contributed by atoms with van der Waals surface area (Å²) < 4.78 is 5.99. The number of amides is 2. The van der Waals surface area contributed by atoms with Crippen LogP contribution in [0.4, 0.5) is 0 Å². The van der Waals surface area contributed by atoms with E-state index in [9.17, 15) is 9.59 Å². The van der Waals surface area contributed by atoms with Crippen LogP contribution in [0.1, 0.15) is 25.3 Å². The fraction of sp³-hybridized carbons (Fsp3) is 0.375. The lowest BCUT2D eigenvalue weighted by Crippen LogP contribution is -2.43. The van der Waals surface area contributed by atoms with Crippen molar-refractivity contribution in [2.24, 2.45) is 0 Å². The number of carbonyl (C=O) groups is 2. The number of hydrogen-bond acceptors (Lipinski definition) is 4. The Balaban J connectivity index is 2.07. The van der Waals surface area contributed by atoms with Crippen LogP contribution in [-0.2, 0) is 9.59 Å². The van der Waals surface area contributed by atoms with E-state index in [1.54, 1.807) is 23.4 Å². The van der Waals surface area contributed by atoms with Crippen LogP contribution in [0.5, 0.6) is 5.75 Å². The molecule has 0 aromatic heterocycles. The fourth-order valence-electron chi connectivity index (χ4n) is 2.43. The molecule has 1 aliphatic heterocycles. The van der Waals surface area contributed by atoms with Gasteiger partial charge in [-0.1, -0.05) is 18.2 Å². The third-order valence-electron chi connectivity index (χ3n) is 3.56. The highest BCUT2D eigenvalue weighted by molar-refractivity contribution is 5.91. The maximum absolute atomic E-state index is 11.5. The Hall–Kier alpha value is -2.34. The number of piperidine rings is 1. The van der Waals surface area contributed by atoms with Gasteiger partial charge in [-0.25, -0.2) is 5.48 Å². The molecule has 1 fully saturated rings. The topological polar surface area (TPSA) is 78.9 Å². The lowest BCUT2D eigenvalue weighted by molar-refractivity contribution is -0.131. The van der Waals surface area contributed by atoms with Gasteiger partial charge in [-0.15, -0.1) is 0 Å². The van der Waals surface area contributed by atoms with Crippen molar-refractivity contribution < 1.29 is 19.5 Å². The Kier molecular flexibility index (Phi) is 5.55. The number of hydroxylamine groups is 1. The number of nitrogens with one attached hydrogen (secondary N) is 1. The number of benzene rings is 1. The van der Waals surface area contributed by atoms with Crippen LogP contribution < -0.4 is 10.2 Å². The molecule has 0 aliphatic carbocycles. The first-order valence-corrected chi connectivity index (χ1v) is 7.23. The number of likely N-dealkylation sites (tertiary alicyclic amines) is 1. The number of carbonyl (C=O) groups excluding carboxylic acids is 2. The summed E-state index contributed by atoms with van der Waals surface area (Å²) in [6.07, 6.45) is 4.55. The third-order valence-corrected chi connectivity index (χ3v) is 3.56. The first kappa shape index (κ1) is 16.0. The predicted molar refractivity (Wildman–Crippen MR) is 81.3 cm³/mol.